The molecule has 1 fully saturated rings. The van der Waals surface area contributed by atoms with E-state index in [1.807, 2.05) is 6.92 Å². The van der Waals surface area contributed by atoms with Gasteiger partial charge in [0.1, 0.15) is 5.41 Å². The molecule has 0 atom stereocenters. The van der Waals surface area contributed by atoms with Crippen molar-refractivity contribution in [2.24, 2.45) is 5.41 Å². The zero-order valence-electron chi connectivity index (χ0n) is 14.3. The Hall–Kier alpha value is -2.54. The largest absolute Gasteiger partial charge is 0.418 e. The molecule has 0 heterocycles. The second-order valence-electron chi connectivity index (χ2n) is 6.50. The first-order valence-electron chi connectivity index (χ1n) is 8.19. The second-order valence-corrected chi connectivity index (χ2v) is 6.90. The van der Waals surface area contributed by atoms with Gasteiger partial charge in [0.05, 0.1) is 11.3 Å². The van der Waals surface area contributed by atoms with Crippen molar-refractivity contribution < 1.29 is 22.8 Å². The van der Waals surface area contributed by atoms with Gasteiger partial charge in [-0.2, -0.15) is 13.2 Å². The molecule has 0 bridgehead atoms. The number of halogens is 4. The maximum absolute atomic E-state index is 13.1. The Labute approximate surface area is 158 Å². The topological polar surface area (TPSA) is 58.2 Å². The van der Waals surface area contributed by atoms with Crippen LogP contribution in [-0.4, -0.2) is 11.8 Å². The molecule has 0 aliphatic heterocycles. The highest BCUT2D eigenvalue weighted by Crippen LogP contribution is 2.48. The van der Waals surface area contributed by atoms with Crippen LogP contribution in [0.15, 0.2) is 42.5 Å². The number of rotatable bonds is 4. The minimum Gasteiger partial charge on any atom is -0.325 e. The molecule has 2 aromatic rings. The molecule has 27 heavy (non-hydrogen) atoms. The molecule has 2 N–H and O–H groups in total. The summed E-state index contributed by atoms with van der Waals surface area (Å²) in [6.07, 6.45) is -4.08. The van der Waals surface area contributed by atoms with Gasteiger partial charge in [-0.05, 0) is 49.6 Å². The molecular formula is C19H16ClF3N2O2. The highest BCUT2D eigenvalue weighted by molar-refractivity contribution is 6.31. The van der Waals surface area contributed by atoms with Gasteiger partial charge in [-0.15, -0.1) is 0 Å². The molecule has 0 saturated heterocycles. The predicted octanol–water partition coefficient (Wildman–Crippen LogP) is 5.02. The van der Waals surface area contributed by atoms with Crippen LogP contribution in [0.2, 0.25) is 5.02 Å². The number of para-hydroxylation sites is 1. The van der Waals surface area contributed by atoms with Gasteiger partial charge in [0.2, 0.25) is 11.8 Å². The average Bonchev–Trinajstić information content (AvgIpc) is 3.40. The Bertz CT molecular complexity index is 908. The van der Waals surface area contributed by atoms with E-state index in [2.05, 4.69) is 10.6 Å². The molecule has 4 nitrogen and oxygen atoms in total. The van der Waals surface area contributed by atoms with E-state index < -0.39 is 29.0 Å². The second kappa shape index (κ2) is 6.88. The predicted molar refractivity (Wildman–Crippen MR) is 96.6 cm³/mol. The van der Waals surface area contributed by atoms with Crippen molar-refractivity contribution in [1.82, 2.24) is 0 Å². The van der Waals surface area contributed by atoms with Crippen molar-refractivity contribution >= 4 is 34.8 Å². The van der Waals surface area contributed by atoms with E-state index in [9.17, 15) is 22.8 Å². The highest BCUT2D eigenvalue weighted by atomic mass is 35.5. The maximum Gasteiger partial charge on any atom is 0.418 e. The third-order valence-electron chi connectivity index (χ3n) is 4.53. The van der Waals surface area contributed by atoms with Gasteiger partial charge in [-0.1, -0.05) is 29.8 Å². The lowest BCUT2D eigenvalue weighted by Gasteiger charge is -2.18. The van der Waals surface area contributed by atoms with Gasteiger partial charge in [0.25, 0.3) is 0 Å². The molecule has 1 aliphatic rings. The van der Waals surface area contributed by atoms with Gasteiger partial charge < -0.3 is 10.6 Å². The number of aryl methyl sites for hydroxylation is 1. The first-order valence-corrected chi connectivity index (χ1v) is 8.56. The van der Waals surface area contributed by atoms with E-state index in [-0.39, 0.29) is 18.5 Å². The first-order chi connectivity index (χ1) is 12.6. The molecule has 1 aliphatic carbocycles. The van der Waals surface area contributed by atoms with Crippen molar-refractivity contribution in [3.63, 3.8) is 0 Å². The van der Waals surface area contributed by atoms with Gasteiger partial charge in [-0.25, -0.2) is 0 Å². The Kier molecular flexibility index (Phi) is 4.90. The standard InChI is InChI=1S/C19H16ClF3N2O2/c1-11-6-7-12(10-14(11)20)24-16(26)18(8-9-18)17(27)25-15-5-3-2-4-13(15)19(21,22)23/h2-7,10H,8-9H2,1H3,(H,24,26)(H,25,27). The number of carbonyl (C=O) groups is 2. The molecule has 0 spiro atoms. The third-order valence-corrected chi connectivity index (χ3v) is 4.94. The summed E-state index contributed by atoms with van der Waals surface area (Å²) in [5.74, 6) is -1.32. The maximum atomic E-state index is 13.1. The Morgan fingerprint density at radius 3 is 2.26 bits per heavy atom. The van der Waals surface area contributed by atoms with Crippen molar-refractivity contribution in [3.8, 4) is 0 Å². The van der Waals surface area contributed by atoms with Gasteiger partial charge in [-0.3, -0.25) is 9.59 Å². The molecule has 2 aromatic carbocycles. The van der Waals surface area contributed by atoms with E-state index in [0.29, 0.717) is 10.7 Å². The van der Waals surface area contributed by atoms with Crippen LogP contribution in [0.3, 0.4) is 0 Å². The summed E-state index contributed by atoms with van der Waals surface area (Å²) in [5, 5.41) is 5.34. The fourth-order valence-electron chi connectivity index (χ4n) is 2.68. The van der Waals surface area contributed by atoms with Crippen molar-refractivity contribution in [2.75, 3.05) is 10.6 Å². The van der Waals surface area contributed by atoms with Crippen LogP contribution >= 0.6 is 11.6 Å². The molecule has 0 unspecified atom stereocenters. The summed E-state index contributed by atoms with van der Waals surface area (Å²) < 4.78 is 39.3. The summed E-state index contributed by atoms with van der Waals surface area (Å²) in [7, 11) is 0. The van der Waals surface area contributed by atoms with Gasteiger partial charge in [0, 0.05) is 10.7 Å². The molecule has 2 amide bonds. The molecule has 3 rings (SSSR count). The number of hydrogen-bond donors (Lipinski definition) is 2. The number of anilines is 2. The molecule has 0 radical (unpaired) electrons. The molecule has 1 saturated carbocycles. The van der Waals surface area contributed by atoms with Crippen LogP contribution in [0.1, 0.15) is 24.0 Å². The summed E-state index contributed by atoms with van der Waals surface area (Å²) in [5.41, 5.74) is -1.45. The quantitative estimate of drug-likeness (QED) is 0.712. The third kappa shape index (κ3) is 3.93. The average molecular weight is 397 g/mol. The van der Waals surface area contributed by atoms with Gasteiger partial charge >= 0.3 is 6.18 Å². The van der Waals surface area contributed by atoms with Crippen molar-refractivity contribution in [3.05, 3.63) is 58.6 Å². The summed E-state index contributed by atoms with van der Waals surface area (Å²) >= 11 is 6.02. The van der Waals surface area contributed by atoms with E-state index in [4.69, 9.17) is 11.6 Å². The Morgan fingerprint density at radius 1 is 1.04 bits per heavy atom. The number of nitrogens with one attached hydrogen (secondary N) is 2. The zero-order valence-corrected chi connectivity index (χ0v) is 15.0. The Balaban J connectivity index is 1.77. The number of carbonyl (C=O) groups excluding carboxylic acids is 2. The van der Waals surface area contributed by atoms with Crippen LogP contribution in [0.4, 0.5) is 24.5 Å². The van der Waals surface area contributed by atoms with Crippen LogP contribution in [-0.2, 0) is 15.8 Å². The lowest BCUT2D eigenvalue weighted by Crippen LogP contribution is -2.36. The fourth-order valence-corrected chi connectivity index (χ4v) is 2.87. The molecule has 142 valence electrons. The molecule has 0 aromatic heterocycles. The summed E-state index contributed by atoms with van der Waals surface area (Å²) in [6, 6.07) is 9.58. The minimum absolute atomic E-state index is 0.262. The first kappa shape index (κ1) is 19.2. The number of hydrogen-bond acceptors (Lipinski definition) is 2. The SMILES string of the molecule is Cc1ccc(NC(=O)C2(C(=O)Nc3ccccc3C(F)(F)F)CC2)cc1Cl. The van der Waals surface area contributed by atoms with Crippen molar-refractivity contribution in [2.45, 2.75) is 25.9 Å². The Morgan fingerprint density at radius 2 is 1.67 bits per heavy atom. The monoisotopic (exact) mass is 396 g/mol. The highest BCUT2D eigenvalue weighted by Gasteiger charge is 2.56. The van der Waals surface area contributed by atoms with Crippen LogP contribution in [0.5, 0.6) is 0 Å². The number of benzene rings is 2. The molecule has 8 heteroatoms. The van der Waals surface area contributed by atoms with E-state index in [1.54, 1.807) is 18.2 Å². The minimum atomic E-state index is -4.61. The van der Waals surface area contributed by atoms with Crippen molar-refractivity contribution in [1.29, 1.82) is 0 Å². The normalized spacial score (nSPS) is 15.1. The van der Waals surface area contributed by atoms with Crippen LogP contribution in [0.25, 0.3) is 0 Å². The smallest absolute Gasteiger partial charge is 0.325 e. The summed E-state index contributed by atoms with van der Waals surface area (Å²) in [4.78, 5) is 25.1. The van der Waals surface area contributed by atoms with Crippen LogP contribution < -0.4 is 10.6 Å². The van der Waals surface area contributed by atoms with Crippen LogP contribution in [0, 0.1) is 12.3 Å². The lowest BCUT2D eigenvalue weighted by atomic mass is 10.0. The van der Waals surface area contributed by atoms with E-state index >= 15 is 0 Å². The van der Waals surface area contributed by atoms with Gasteiger partial charge in [0.15, 0.2) is 0 Å². The number of amides is 2. The zero-order chi connectivity index (χ0) is 19.8. The fraction of sp³-hybridized carbons (Fsp3) is 0.263. The number of alkyl halides is 3. The lowest BCUT2D eigenvalue weighted by molar-refractivity contribution is -0.137. The van der Waals surface area contributed by atoms with E-state index in [0.717, 1.165) is 17.7 Å². The molecular weight excluding hydrogens is 381 g/mol. The summed E-state index contributed by atoms with van der Waals surface area (Å²) in [6.45, 7) is 1.81. The van der Waals surface area contributed by atoms with E-state index in [1.165, 1.54) is 12.1 Å².